The van der Waals surface area contributed by atoms with Gasteiger partial charge in [0.2, 0.25) is 0 Å². The molecular formula is C50H30N2. The lowest BCUT2D eigenvalue weighted by atomic mass is 9.94. The molecule has 52 heavy (non-hydrogen) atoms. The van der Waals surface area contributed by atoms with Crippen LogP contribution < -0.4 is 0 Å². The van der Waals surface area contributed by atoms with E-state index in [-0.39, 0.29) is 0 Å². The van der Waals surface area contributed by atoms with Crippen LogP contribution in [0.15, 0.2) is 182 Å². The number of fused-ring (bicyclic) bond motifs is 12. The molecule has 0 aliphatic heterocycles. The number of aromatic nitrogens is 2. The van der Waals surface area contributed by atoms with Crippen molar-refractivity contribution < 1.29 is 0 Å². The number of hydrogen-bond acceptors (Lipinski definition) is 0. The predicted molar refractivity (Wildman–Crippen MR) is 220 cm³/mol. The lowest BCUT2D eigenvalue weighted by Crippen LogP contribution is -1.96. The van der Waals surface area contributed by atoms with Crippen molar-refractivity contribution in [2.24, 2.45) is 0 Å². The Morgan fingerprint density at radius 2 is 0.923 bits per heavy atom. The molecule has 0 saturated carbocycles. The molecule has 0 saturated heterocycles. The Morgan fingerprint density at radius 1 is 0.288 bits per heavy atom. The fourth-order valence-corrected chi connectivity index (χ4v) is 9.32. The average Bonchev–Trinajstić information content (AvgIpc) is 3.85. The third-order valence-corrected chi connectivity index (χ3v) is 11.4. The Morgan fingerprint density at radius 3 is 1.81 bits per heavy atom. The van der Waals surface area contributed by atoms with Crippen molar-refractivity contribution in [2.45, 2.75) is 0 Å². The topological polar surface area (TPSA) is 9.86 Å². The van der Waals surface area contributed by atoms with Crippen LogP contribution in [-0.2, 0) is 0 Å². The maximum absolute atomic E-state index is 2.53. The van der Waals surface area contributed by atoms with E-state index >= 15 is 0 Å². The van der Waals surface area contributed by atoms with Crippen LogP contribution in [0, 0.1) is 0 Å². The van der Waals surface area contributed by atoms with Gasteiger partial charge in [0.05, 0.1) is 22.1 Å². The Kier molecular flexibility index (Phi) is 5.53. The SMILES string of the molecule is c1ccc(-n2c3ccccc3c3c2ccc2c4c5ccccc5ccc4n(-c4cccc(-c5ccc6c7c(cccc57)-c5ccccc5-6)c4)c23)cc1. The molecule has 0 N–H and O–H groups in total. The first-order valence-electron chi connectivity index (χ1n) is 18.0. The molecule has 0 spiro atoms. The van der Waals surface area contributed by atoms with E-state index in [2.05, 4.69) is 191 Å². The van der Waals surface area contributed by atoms with Gasteiger partial charge in [-0.1, -0.05) is 140 Å². The van der Waals surface area contributed by atoms with Gasteiger partial charge in [-0.05, 0) is 97.4 Å². The second-order valence-corrected chi connectivity index (χ2v) is 14.0. The van der Waals surface area contributed by atoms with Gasteiger partial charge in [-0.15, -0.1) is 0 Å². The number of rotatable bonds is 3. The molecule has 11 aromatic rings. The van der Waals surface area contributed by atoms with Crippen LogP contribution in [0.1, 0.15) is 0 Å². The van der Waals surface area contributed by atoms with Gasteiger partial charge in [0.1, 0.15) is 0 Å². The highest BCUT2D eigenvalue weighted by atomic mass is 15.0. The summed E-state index contributed by atoms with van der Waals surface area (Å²) >= 11 is 0. The fourth-order valence-electron chi connectivity index (χ4n) is 9.32. The second-order valence-electron chi connectivity index (χ2n) is 14.0. The summed E-state index contributed by atoms with van der Waals surface area (Å²) in [6, 6.07) is 67.2. The Bertz CT molecular complexity index is 3260. The van der Waals surface area contributed by atoms with E-state index in [4.69, 9.17) is 0 Å². The summed E-state index contributed by atoms with van der Waals surface area (Å²) in [7, 11) is 0. The van der Waals surface area contributed by atoms with Crippen molar-refractivity contribution in [2.75, 3.05) is 0 Å². The normalized spacial score (nSPS) is 12.2. The number of nitrogens with zero attached hydrogens (tertiary/aromatic N) is 2. The maximum atomic E-state index is 2.53. The van der Waals surface area contributed by atoms with Crippen molar-refractivity contribution >= 4 is 65.2 Å². The first-order chi connectivity index (χ1) is 25.8. The number of hydrogen-bond donors (Lipinski definition) is 0. The molecule has 1 aliphatic carbocycles. The zero-order valence-corrected chi connectivity index (χ0v) is 28.2. The Labute approximate surface area is 300 Å². The third-order valence-electron chi connectivity index (χ3n) is 11.4. The third kappa shape index (κ3) is 3.63. The summed E-state index contributed by atoms with van der Waals surface area (Å²) in [6.07, 6.45) is 0. The van der Waals surface area contributed by atoms with Gasteiger partial charge < -0.3 is 9.13 Å². The Hall–Kier alpha value is -6.90. The van der Waals surface area contributed by atoms with Gasteiger partial charge in [-0.25, -0.2) is 0 Å². The van der Waals surface area contributed by atoms with Crippen molar-refractivity contribution in [1.82, 2.24) is 9.13 Å². The van der Waals surface area contributed by atoms with Crippen LogP contribution >= 0.6 is 0 Å². The lowest BCUT2D eigenvalue weighted by Gasteiger charge is -2.14. The highest BCUT2D eigenvalue weighted by molar-refractivity contribution is 6.30. The average molecular weight is 659 g/mol. The van der Waals surface area contributed by atoms with Crippen molar-refractivity contribution in [3.05, 3.63) is 182 Å². The van der Waals surface area contributed by atoms with Gasteiger partial charge in [-0.3, -0.25) is 0 Å². The van der Waals surface area contributed by atoms with Crippen LogP contribution in [-0.4, -0.2) is 9.13 Å². The van der Waals surface area contributed by atoms with Crippen LogP contribution in [0.5, 0.6) is 0 Å². The molecule has 2 heteroatoms. The first-order valence-corrected chi connectivity index (χ1v) is 18.0. The molecular weight excluding hydrogens is 629 g/mol. The largest absolute Gasteiger partial charge is 0.309 e. The highest BCUT2D eigenvalue weighted by Crippen LogP contribution is 2.50. The minimum atomic E-state index is 1.16. The van der Waals surface area contributed by atoms with Gasteiger partial charge in [0.15, 0.2) is 0 Å². The van der Waals surface area contributed by atoms with Gasteiger partial charge in [0, 0.05) is 32.9 Å². The van der Waals surface area contributed by atoms with E-state index in [0.717, 1.165) is 11.4 Å². The number of para-hydroxylation sites is 2. The molecule has 0 radical (unpaired) electrons. The van der Waals surface area contributed by atoms with Gasteiger partial charge >= 0.3 is 0 Å². The van der Waals surface area contributed by atoms with Crippen LogP contribution in [0.3, 0.4) is 0 Å². The van der Waals surface area contributed by atoms with E-state index < -0.39 is 0 Å². The lowest BCUT2D eigenvalue weighted by molar-refractivity contribution is 1.17. The Balaban J connectivity index is 1.20. The molecule has 2 aromatic heterocycles. The van der Waals surface area contributed by atoms with Crippen molar-refractivity contribution in [1.29, 1.82) is 0 Å². The minimum absolute atomic E-state index is 1.16. The van der Waals surface area contributed by atoms with Crippen molar-refractivity contribution in [3.8, 4) is 44.8 Å². The zero-order valence-electron chi connectivity index (χ0n) is 28.2. The van der Waals surface area contributed by atoms with E-state index in [1.165, 1.54) is 98.5 Å². The zero-order chi connectivity index (χ0) is 33.9. The first kappa shape index (κ1) is 27.9. The van der Waals surface area contributed by atoms with Crippen molar-refractivity contribution in [3.63, 3.8) is 0 Å². The number of benzene rings is 9. The molecule has 1 aliphatic rings. The van der Waals surface area contributed by atoms with E-state index in [9.17, 15) is 0 Å². The summed E-state index contributed by atoms with van der Waals surface area (Å²) in [5.74, 6) is 0. The van der Waals surface area contributed by atoms with E-state index in [1.54, 1.807) is 0 Å². The maximum Gasteiger partial charge on any atom is 0.0641 e. The van der Waals surface area contributed by atoms with Crippen LogP contribution in [0.25, 0.3) is 110 Å². The minimum Gasteiger partial charge on any atom is -0.309 e. The molecule has 2 heterocycles. The van der Waals surface area contributed by atoms with E-state index in [1.807, 2.05) is 0 Å². The quantitative estimate of drug-likeness (QED) is 0.179. The smallest absolute Gasteiger partial charge is 0.0641 e. The van der Waals surface area contributed by atoms with Crippen LogP contribution in [0.4, 0.5) is 0 Å². The van der Waals surface area contributed by atoms with E-state index in [0.29, 0.717) is 0 Å². The van der Waals surface area contributed by atoms with Crippen LogP contribution in [0.2, 0.25) is 0 Å². The monoisotopic (exact) mass is 658 g/mol. The fraction of sp³-hybridized carbons (Fsp3) is 0. The molecule has 12 rings (SSSR count). The molecule has 240 valence electrons. The summed E-state index contributed by atoms with van der Waals surface area (Å²) in [4.78, 5) is 0. The molecule has 0 fully saturated rings. The second kappa shape index (κ2) is 10.3. The summed E-state index contributed by atoms with van der Waals surface area (Å²) < 4.78 is 4.95. The highest BCUT2D eigenvalue weighted by Gasteiger charge is 2.24. The predicted octanol–water partition coefficient (Wildman–Crippen LogP) is 13.5. The standard InChI is InChI=1S/C50H30N2/c1-2-14-33(15-3-1)51-44-23-9-8-20-42(44)49-46(51)29-27-43-48-36-17-5-4-12-31(36)24-28-45(48)52(50(43)49)34-16-10-13-32(30-34)35-25-26-41-38-19-7-6-18-37(38)40-22-11-21-39(35)47(40)41/h1-30H. The molecule has 0 bridgehead atoms. The van der Waals surface area contributed by atoms with Gasteiger partial charge in [0.25, 0.3) is 0 Å². The molecule has 0 unspecified atom stereocenters. The molecule has 0 atom stereocenters. The van der Waals surface area contributed by atoms with Gasteiger partial charge in [-0.2, -0.15) is 0 Å². The summed E-state index contributed by atoms with van der Waals surface area (Å²) in [5, 5.41) is 10.3. The summed E-state index contributed by atoms with van der Waals surface area (Å²) in [6.45, 7) is 0. The molecule has 2 nitrogen and oxygen atoms in total. The summed E-state index contributed by atoms with van der Waals surface area (Å²) in [5.41, 5.74) is 15.0. The molecule has 0 amide bonds. The molecule has 9 aromatic carbocycles.